The molecular weight excluding hydrogens is 246 g/mol. The van der Waals surface area contributed by atoms with E-state index in [9.17, 15) is 0 Å². The van der Waals surface area contributed by atoms with Crippen molar-refractivity contribution in [3.63, 3.8) is 0 Å². The summed E-state index contributed by atoms with van der Waals surface area (Å²) in [5, 5.41) is 0. The summed E-state index contributed by atoms with van der Waals surface area (Å²) in [5.74, 6) is 1.74. The monoisotopic (exact) mass is 277 g/mol. The number of ether oxygens (including phenoxy) is 1. The normalized spacial score (nSPS) is 14.0. The zero-order chi connectivity index (χ0) is 14.8. The summed E-state index contributed by atoms with van der Waals surface area (Å²) in [6.45, 7) is 7.33. The molecule has 2 nitrogen and oxygen atoms in total. The molecule has 1 aromatic rings. The van der Waals surface area contributed by atoms with E-state index in [4.69, 9.17) is 10.5 Å². The standard InChI is InChI=1S/C18H31NO/c1-4-6-9-16(5-2)14-17(19)11-12-20-18-10-7-8-15(3)13-18/h7-8,10,13,16-17H,4-6,9,11-12,14,19H2,1-3H3. The third-order valence-electron chi connectivity index (χ3n) is 3.93. The fourth-order valence-electron chi connectivity index (χ4n) is 2.56. The van der Waals surface area contributed by atoms with Gasteiger partial charge < -0.3 is 10.5 Å². The molecule has 0 aliphatic rings. The maximum Gasteiger partial charge on any atom is 0.119 e. The number of unbranched alkanes of at least 4 members (excludes halogenated alkanes) is 1. The molecule has 0 radical (unpaired) electrons. The van der Waals surface area contributed by atoms with Gasteiger partial charge in [0, 0.05) is 6.04 Å². The number of benzene rings is 1. The van der Waals surface area contributed by atoms with Crippen molar-refractivity contribution in [1.82, 2.24) is 0 Å². The quantitative estimate of drug-likeness (QED) is 0.673. The average molecular weight is 277 g/mol. The van der Waals surface area contributed by atoms with E-state index < -0.39 is 0 Å². The fraction of sp³-hybridized carbons (Fsp3) is 0.667. The number of aryl methyl sites for hydroxylation is 1. The van der Waals surface area contributed by atoms with Crippen LogP contribution in [0.15, 0.2) is 24.3 Å². The molecule has 0 saturated heterocycles. The van der Waals surface area contributed by atoms with Crippen molar-refractivity contribution in [2.24, 2.45) is 11.7 Å². The number of rotatable bonds is 10. The Labute approximate surface area is 124 Å². The first-order valence-corrected chi connectivity index (χ1v) is 8.10. The molecular formula is C18H31NO. The van der Waals surface area contributed by atoms with Gasteiger partial charge in [-0.05, 0) is 43.4 Å². The minimum Gasteiger partial charge on any atom is -0.494 e. The van der Waals surface area contributed by atoms with Crippen molar-refractivity contribution < 1.29 is 4.74 Å². The molecule has 2 unspecified atom stereocenters. The Balaban J connectivity index is 2.23. The van der Waals surface area contributed by atoms with E-state index >= 15 is 0 Å². The van der Waals surface area contributed by atoms with Gasteiger partial charge in [0.05, 0.1) is 6.61 Å². The zero-order valence-corrected chi connectivity index (χ0v) is 13.4. The van der Waals surface area contributed by atoms with Crippen LogP contribution in [-0.2, 0) is 0 Å². The highest BCUT2D eigenvalue weighted by atomic mass is 16.5. The van der Waals surface area contributed by atoms with Crippen molar-refractivity contribution in [2.45, 2.75) is 65.3 Å². The molecule has 0 aromatic heterocycles. The van der Waals surface area contributed by atoms with E-state index in [0.29, 0.717) is 0 Å². The smallest absolute Gasteiger partial charge is 0.119 e. The molecule has 0 heterocycles. The summed E-state index contributed by atoms with van der Waals surface area (Å²) < 4.78 is 5.77. The minimum absolute atomic E-state index is 0.265. The van der Waals surface area contributed by atoms with Crippen LogP contribution in [0.25, 0.3) is 0 Å². The van der Waals surface area contributed by atoms with Crippen LogP contribution in [0.5, 0.6) is 5.75 Å². The maximum absolute atomic E-state index is 6.24. The molecule has 0 spiro atoms. The molecule has 2 heteroatoms. The predicted molar refractivity (Wildman–Crippen MR) is 87.2 cm³/mol. The average Bonchev–Trinajstić information content (AvgIpc) is 2.43. The maximum atomic E-state index is 6.24. The molecule has 0 aliphatic heterocycles. The second kappa shape index (κ2) is 9.82. The Morgan fingerprint density at radius 1 is 1.20 bits per heavy atom. The molecule has 2 N–H and O–H groups in total. The summed E-state index contributed by atoms with van der Waals surface area (Å²) in [6, 6.07) is 8.46. The molecule has 0 amide bonds. The van der Waals surface area contributed by atoms with Gasteiger partial charge in [0.25, 0.3) is 0 Å². The van der Waals surface area contributed by atoms with Crippen LogP contribution < -0.4 is 10.5 Å². The fourth-order valence-corrected chi connectivity index (χ4v) is 2.56. The van der Waals surface area contributed by atoms with Crippen LogP contribution in [0.2, 0.25) is 0 Å². The highest BCUT2D eigenvalue weighted by Gasteiger charge is 2.11. The van der Waals surface area contributed by atoms with Gasteiger partial charge in [-0.25, -0.2) is 0 Å². The molecule has 0 aliphatic carbocycles. The van der Waals surface area contributed by atoms with Crippen LogP contribution in [0, 0.1) is 12.8 Å². The second-order valence-electron chi connectivity index (χ2n) is 5.87. The van der Waals surface area contributed by atoms with Crippen LogP contribution in [0.3, 0.4) is 0 Å². The van der Waals surface area contributed by atoms with E-state index in [1.165, 1.54) is 31.2 Å². The lowest BCUT2D eigenvalue weighted by molar-refractivity contribution is 0.279. The van der Waals surface area contributed by atoms with Crippen LogP contribution in [0.4, 0.5) is 0 Å². The van der Waals surface area contributed by atoms with Crippen molar-refractivity contribution in [2.75, 3.05) is 6.61 Å². The van der Waals surface area contributed by atoms with E-state index in [1.807, 2.05) is 12.1 Å². The molecule has 1 aromatic carbocycles. The molecule has 2 atom stereocenters. The first kappa shape index (κ1) is 17.0. The number of hydrogen-bond acceptors (Lipinski definition) is 2. The van der Waals surface area contributed by atoms with Gasteiger partial charge in [-0.2, -0.15) is 0 Å². The molecule has 114 valence electrons. The van der Waals surface area contributed by atoms with Crippen LogP contribution >= 0.6 is 0 Å². The van der Waals surface area contributed by atoms with Gasteiger partial charge in [0.15, 0.2) is 0 Å². The first-order valence-electron chi connectivity index (χ1n) is 8.10. The predicted octanol–water partition coefficient (Wildman–Crippen LogP) is 4.70. The molecule has 20 heavy (non-hydrogen) atoms. The topological polar surface area (TPSA) is 35.2 Å². The van der Waals surface area contributed by atoms with E-state index in [2.05, 4.69) is 32.9 Å². The largest absolute Gasteiger partial charge is 0.494 e. The summed E-state index contributed by atoms with van der Waals surface area (Å²) in [5.41, 5.74) is 7.47. The third-order valence-corrected chi connectivity index (χ3v) is 3.93. The van der Waals surface area contributed by atoms with Gasteiger partial charge >= 0.3 is 0 Å². The highest BCUT2D eigenvalue weighted by molar-refractivity contribution is 5.27. The van der Waals surface area contributed by atoms with E-state index in [1.54, 1.807) is 0 Å². The summed E-state index contributed by atoms with van der Waals surface area (Å²) >= 11 is 0. The van der Waals surface area contributed by atoms with Gasteiger partial charge in [-0.1, -0.05) is 51.7 Å². The highest BCUT2D eigenvalue weighted by Crippen LogP contribution is 2.19. The Morgan fingerprint density at radius 3 is 2.65 bits per heavy atom. The summed E-state index contributed by atoms with van der Waals surface area (Å²) in [4.78, 5) is 0. The van der Waals surface area contributed by atoms with Crippen molar-refractivity contribution in [3.8, 4) is 5.75 Å². The van der Waals surface area contributed by atoms with Crippen molar-refractivity contribution in [1.29, 1.82) is 0 Å². The lowest BCUT2D eigenvalue weighted by Crippen LogP contribution is -2.25. The molecule has 1 rings (SSSR count). The summed E-state index contributed by atoms with van der Waals surface area (Å²) in [7, 11) is 0. The Hall–Kier alpha value is -1.02. The van der Waals surface area contributed by atoms with E-state index in [-0.39, 0.29) is 6.04 Å². The first-order chi connectivity index (χ1) is 9.65. The van der Waals surface area contributed by atoms with Crippen LogP contribution in [0.1, 0.15) is 57.9 Å². The van der Waals surface area contributed by atoms with E-state index in [0.717, 1.165) is 31.1 Å². The summed E-state index contributed by atoms with van der Waals surface area (Å²) in [6.07, 6.45) is 7.24. The zero-order valence-electron chi connectivity index (χ0n) is 13.4. The SMILES string of the molecule is CCCCC(CC)CC(N)CCOc1cccc(C)c1. The van der Waals surface area contributed by atoms with Gasteiger partial charge in [0.2, 0.25) is 0 Å². The number of hydrogen-bond donors (Lipinski definition) is 1. The third kappa shape index (κ3) is 6.95. The minimum atomic E-state index is 0.265. The van der Waals surface area contributed by atoms with Crippen LogP contribution in [-0.4, -0.2) is 12.6 Å². The molecule has 0 saturated carbocycles. The number of nitrogens with two attached hydrogens (primary N) is 1. The molecule has 0 bridgehead atoms. The Morgan fingerprint density at radius 2 is 2.00 bits per heavy atom. The van der Waals surface area contributed by atoms with Gasteiger partial charge in [-0.3, -0.25) is 0 Å². The van der Waals surface area contributed by atoms with Gasteiger partial charge in [0.1, 0.15) is 5.75 Å². The van der Waals surface area contributed by atoms with Crippen molar-refractivity contribution in [3.05, 3.63) is 29.8 Å². The molecule has 0 fully saturated rings. The Kier molecular flexibility index (Phi) is 8.36. The Bertz CT molecular complexity index is 364. The second-order valence-corrected chi connectivity index (χ2v) is 5.87. The van der Waals surface area contributed by atoms with Crippen molar-refractivity contribution >= 4 is 0 Å². The van der Waals surface area contributed by atoms with Gasteiger partial charge in [-0.15, -0.1) is 0 Å². The lowest BCUT2D eigenvalue weighted by atomic mass is 9.91. The lowest BCUT2D eigenvalue weighted by Gasteiger charge is -2.19.